The number of pyridine rings is 1. The van der Waals surface area contributed by atoms with Gasteiger partial charge in [-0.1, -0.05) is 41.6 Å². The van der Waals surface area contributed by atoms with E-state index in [1.165, 1.54) is 6.07 Å². The smallest absolute Gasteiger partial charge is 0.291 e. The van der Waals surface area contributed by atoms with Crippen LogP contribution < -0.4 is 10.9 Å². The number of hydrazine groups is 1. The molecule has 1 aromatic carbocycles. The van der Waals surface area contributed by atoms with Gasteiger partial charge in [0.25, 0.3) is 11.8 Å². The molecule has 2 heterocycles. The van der Waals surface area contributed by atoms with Gasteiger partial charge in [0, 0.05) is 17.3 Å². The largest absolute Gasteiger partial charge is 0.355 e. The molecule has 0 spiro atoms. The van der Waals surface area contributed by atoms with E-state index in [-0.39, 0.29) is 11.4 Å². The molecular formula is C17H14N4O3. The molecule has 0 fully saturated rings. The van der Waals surface area contributed by atoms with Crippen molar-refractivity contribution in [3.05, 3.63) is 71.7 Å². The summed E-state index contributed by atoms with van der Waals surface area (Å²) in [4.78, 5) is 28.0. The molecule has 2 amide bonds. The number of carbonyl (C=O) groups excluding carboxylic acids is 2. The Morgan fingerprint density at radius 1 is 0.917 bits per heavy atom. The quantitative estimate of drug-likeness (QED) is 0.720. The third-order valence-electron chi connectivity index (χ3n) is 3.21. The van der Waals surface area contributed by atoms with Gasteiger partial charge in [0.15, 0.2) is 11.5 Å². The number of aromatic nitrogens is 2. The van der Waals surface area contributed by atoms with Gasteiger partial charge < -0.3 is 4.52 Å². The van der Waals surface area contributed by atoms with Crippen molar-refractivity contribution in [3.8, 4) is 11.3 Å². The molecule has 0 bridgehead atoms. The van der Waals surface area contributed by atoms with Crippen molar-refractivity contribution >= 4 is 11.8 Å². The highest BCUT2D eigenvalue weighted by molar-refractivity contribution is 5.97. The van der Waals surface area contributed by atoms with Crippen LogP contribution in [0.5, 0.6) is 0 Å². The van der Waals surface area contributed by atoms with E-state index in [1.54, 1.807) is 25.1 Å². The lowest BCUT2D eigenvalue weighted by molar-refractivity contribution is 0.0839. The van der Waals surface area contributed by atoms with Gasteiger partial charge in [-0.3, -0.25) is 20.4 Å². The standard InChI is InChI=1S/C17H14N4O3/c1-11-6-5-9-13(18-11)16(22)19-20-17(23)14-10-15(24-21-14)12-7-3-2-4-8-12/h2-10H,1H3,(H,19,22)(H,20,23). The van der Waals surface area contributed by atoms with Crippen molar-refractivity contribution in [3.63, 3.8) is 0 Å². The Morgan fingerprint density at radius 3 is 2.33 bits per heavy atom. The summed E-state index contributed by atoms with van der Waals surface area (Å²) in [5, 5.41) is 3.70. The number of hydrogen-bond acceptors (Lipinski definition) is 5. The summed E-state index contributed by atoms with van der Waals surface area (Å²) in [5.74, 6) is -0.631. The molecule has 0 aliphatic rings. The lowest BCUT2D eigenvalue weighted by atomic mass is 10.1. The molecule has 7 heteroatoms. The highest BCUT2D eigenvalue weighted by Gasteiger charge is 2.15. The Bertz CT molecular complexity index is 874. The van der Waals surface area contributed by atoms with Gasteiger partial charge in [0.05, 0.1) is 0 Å². The van der Waals surface area contributed by atoms with E-state index in [4.69, 9.17) is 4.52 Å². The zero-order valence-corrected chi connectivity index (χ0v) is 12.8. The maximum Gasteiger partial charge on any atom is 0.291 e. The Balaban J connectivity index is 1.63. The maximum absolute atomic E-state index is 12.0. The molecule has 0 unspecified atom stereocenters. The third kappa shape index (κ3) is 3.46. The number of benzene rings is 1. The Hall–Kier alpha value is -3.48. The Morgan fingerprint density at radius 2 is 1.62 bits per heavy atom. The monoisotopic (exact) mass is 322 g/mol. The molecule has 3 aromatic rings. The minimum Gasteiger partial charge on any atom is -0.355 e. The number of aryl methyl sites for hydroxylation is 1. The van der Waals surface area contributed by atoms with E-state index in [2.05, 4.69) is 21.0 Å². The molecule has 24 heavy (non-hydrogen) atoms. The van der Waals surface area contributed by atoms with E-state index in [0.29, 0.717) is 11.5 Å². The summed E-state index contributed by atoms with van der Waals surface area (Å²) in [6.45, 7) is 1.77. The minimum atomic E-state index is -0.582. The van der Waals surface area contributed by atoms with Crippen LogP contribution in [0.15, 0.2) is 59.1 Å². The van der Waals surface area contributed by atoms with Gasteiger partial charge in [-0.25, -0.2) is 4.98 Å². The number of nitrogens with zero attached hydrogens (tertiary/aromatic N) is 2. The summed E-state index contributed by atoms with van der Waals surface area (Å²) in [6, 6.07) is 15.8. The highest BCUT2D eigenvalue weighted by atomic mass is 16.5. The second-order valence-electron chi connectivity index (χ2n) is 5.01. The summed E-state index contributed by atoms with van der Waals surface area (Å²) in [5.41, 5.74) is 6.35. The van der Waals surface area contributed by atoms with Crippen molar-refractivity contribution in [2.24, 2.45) is 0 Å². The van der Waals surface area contributed by atoms with Crippen LogP contribution in [0, 0.1) is 6.92 Å². The van der Waals surface area contributed by atoms with Crippen molar-refractivity contribution in [1.82, 2.24) is 21.0 Å². The van der Waals surface area contributed by atoms with Gasteiger partial charge in [-0.05, 0) is 19.1 Å². The molecule has 0 saturated carbocycles. The number of hydrogen-bond donors (Lipinski definition) is 2. The summed E-state index contributed by atoms with van der Waals surface area (Å²) < 4.78 is 5.14. The SMILES string of the molecule is Cc1cccc(C(=O)NNC(=O)c2cc(-c3ccccc3)on2)n1. The molecule has 2 N–H and O–H groups in total. The lowest BCUT2D eigenvalue weighted by Gasteiger charge is -2.05. The fourth-order valence-corrected chi connectivity index (χ4v) is 2.03. The van der Waals surface area contributed by atoms with E-state index >= 15 is 0 Å². The van der Waals surface area contributed by atoms with Gasteiger partial charge in [-0.15, -0.1) is 0 Å². The Labute approximate surface area is 137 Å². The van der Waals surface area contributed by atoms with E-state index in [1.807, 2.05) is 30.3 Å². The van der Waals surface area contributed by atoms with Crippen LogP contribution in [0.3, 0.4) is 0 Å². The molecule has 0 radical (unpaired) electrons. The predicted octanol–water partition coefficient (Wildman–Crippen LogP) is 2.12. The third-order valence-corrected chi connectivity index (χ3v) is 3.21. The average Bonchev–Trinajstić information content (AvgIpc) is 3.10. The van der Waals surface area contributed by atoms with Crippen molar-refractivity contribution in [1.29, 1.82) is 0 Å². The lowest BCUT2D eigenvalue weighted by Crippen LogP contribution is -2.42. The zero-order valence-electron chi connectivity index (χ0n) is 12.8. The Kier molecular flexibility index (Phi) is 4.33. The van der Waals surface area contributed by atoms with Crippen molar-refractivity contribution in [2.45, 2.75) is 6.92 Å². The van der Waals surface area contributed by atoms with Gasteiger partial charge in [0.2, 0.25) is 0 Å². The van der Waals surface area contributed by atoms with E-state index < -0.39 is 11.8 Å². The van der Waals surface area contributed by atoms with Crippen LogP contribution in [0.1, 0.15) is 26.7 Å². The second kappa shape index (κ2) is 6.74. The number of amides is 2. The molecular weight excluding hydrogens is 308 g/mol. The van der Waals surface area contributed by atoms with E-state index in [0.717, 1.165) is 5.56 Å². The van der Waals surface area contributed by atoms with Crippen molar-refractivity contribution < 1.29 is 14.1 Å². The van der Waals surface area contributed by atoms with Crippen LogP contribution in [-0.4, -0.2) is 22.0 Å². The van der Waals surface area contributed by atoms with Crippen LogP contribution in [0.25, 0.3) is 11.3 Å². The normalized spacial score (nSPS) is 10.2. The molecule has 0 atom stereocenters. The van der Waals surface area contributed by atoms with Gasteiger partial charge >= 0.3 is 0 Å². The first-order valence-electron chi connectivity index (χ1n) is 7.20. The maximum atomic E-state index is 12.0. The minimum absolute atomic E-state index is 0.0614. The van der Waals surface area contributed by atoms with Gasteiger partial charge in [0.1, 0.15) is 5.69 Å². The molecule has 0 aliphatic carbocycles. The zero-order chi connectivity index (χ0) is 16.9. The van der Waals surface area contributed by atoms with Crippen LogP contribution in [0.4, 0.5) is 0 Å². The van der Waals surface area contributed by atoms with Crippen molar-refractivity contribution in [2.75, 3.05) is 0 Å². The van der Waals surface area contributed by atoms with E-state index in [9.17, 15) is 9.59 Å². The van der Waals surface area contributed by atoms with Crippen LogP contribution in [-0.2, 0) is 0 Å². The first-order valence-corrected chi connectivity index (χ1v) is 7.20. The summed E-state index contributed by atoms with van der Waals surface area (Å²) in [7, 11) is 0. The molecule has 3 rings (SSSR count). The topological polar surface area (TPSA) is 97.1 Å². The molecule has 7 nitrogen and oxygen atoms in total. The van der Waals surface area contributed by atoms with Gasteiger partial charge in [-0.2, -0.15) is 0 Å². The first-order chi connectivity index (χ1) is 11.6. The second-order valence-corrected chi connectivity index (χ2v) is 5.01. The first kappa shape index (κ1) is 15.4. The number of rotatable bonds is 3. The fraction of sp³-hybridized carbons (Fsp3) is 0.0588. The molecule has 0 aliphatic heterocycles. The van der Waals surface area contributed by atoms with Crippen LogP contribution in [0.2, 0.25) is 0 Å². The summed E-state index contributed by atoms with van der Waals surface area (Å²) >= 11 is 0. The number of carbonyl (C=O) groups is 2. The molecule has 0 saturated heterocycles. The highest BCUT2D eigenvalue weighted by Crippen LogP contribution is 2.19. The fourth-order valence-electron chi connectivity index (χ4n) is 2.03. The number of nitrogens with one attached hydrogen (secondary N) is 2. The predicted molar refractivity (Wildman–Crippen MR) is 85.8 cm³/mol. The molecule has 2 aromatic heterocycles. The van der Waals surface area contributed by atoms with Crippen LogP contribution >= 0.6 is 0 Å². The molecule has 120 valence electrons. The average molecular weight is 322 g/mol. The summed E-state index contributed by atoms with van der Waals surface area (Å²) in [6.07, 6.45) is 0.